The molecule has 2 heterocycles. The number of hydrogen-bond donors (Lipinski definition) is 1. The van der Waals surface area contributed by atoms with Gasteiger partial charge in [0.1, 0.15) is 11.4 Å². The zero-order chi connectivity index (χ0) is 20.5. The summed E-state index contributed by atoms with van der Waals surface area (Å²) < 4.78 is 10.7. The Morgan fingerprint density at radius 3 is 2.57 bits per heavy atom. The minimum Gasteiger partial charge on any atom is -0.497 e. The first-order valence-electron chi connectivity index (χ1n) is 9.39. The van der Waals surface area contributed by atoms with E-state index >= 15 is 0 Å². The molecule has 0 saturated carbocycles. The lowest BCUT2D eigenvalue weighted by atomic mass is 9.72. The fraction of sp³-hybridized carbons (Fsp3) is 0.550. The topological polar surface area (TPSA) is 97.7 Å². The molecule has 1 N–H and O–H groups in total. The zero-order valence-corrected chi connectivity index (χ0v) is 16.8. The number of nitrogens with one attached hydrogen (secondary N) is 1. The Kier molecular flexibility index (Phi) is 5.23. The number of amides is 1. The number of nitrogens with zero attached hydrogens (tertiary/aromatic N) is 2. The van der Waals surface area contributed by atoms with Crippen LogP contribution in [0.1, 0.15) is 39.2 Å². The molecular weight excluding hydrogens is 362 g/mol. The van der Waals surface area contributed by atoms with E-state index in [1.165, 1.54) is 0 Å². The summed E-state index contributed by atoms with van der Waals surface area (Å²) in [5, 5.41) is 12.4. The van der Waals surface area contributed by atoms with E-state index in [0.717, 1.165) is 22.2 Å². The normalized spacial score (nSPS) is 16.8. The maximum absolute atomic E-state index is 12.4. The maximum Gasteiger partial charge on any atom is 0.410 e. The van der Waals surface area contributed by atoms with Crippen LogP contribution in [0.4, 0.5) is 4.79 Å². The summed E-state index contributed by atoms with van der Waals surface area (Å²) in [6.45, 7) is 6.15. The molecule has 2 aromatic rings. The van der Waals surface area contributed by atoms with Crippen molar-refractivity contribution in [2.24, 2.45) is 0 Å². The van der Waals surface area contributed by atoms with Gasteiger partial charge in [-0.05, 0) is 51.3 Å². The van der Waals surface area contributed by atoms with E-state index < -0.39 is 11.0 Å². The molecule has 8 heteroatoms. The predicted octanol–water partition coefficient (Wildman–Crippen LogP) is 3.72. The van der Waals surface area contributed by atoms with Gasteiger partial charge in [0.2, 0.25) is 6.54 Å². The minimum absolute atomic E-state index is 0.172. The Balaban J connectivity index is 1.88. The van der Waals surface area contributed by atoms with E-state index in [0.29, 0.717) is 25.9 Å². The van der Waals surface area contributed by atoms with Crippen LogP contribution in [0.15, 0.2) is 24.4 Å². The molecule has 1 aromatic carbocycles. The van der Waals surface area contributed by atoms with Crippen LogP contribution in [0.25, 0.3) is 10.9 Å². The zero-order valence-electron chi connectivity index (χ0n) is 16.8. The first kappa shape index (κ1) is 20.0. The second-order valence-corrected chi connectivity index (χ2v) is 8.35. The van der Waals surface area contributed by atoms with Crippen molar-refractivity contribution in [3.05, 3.63) is 40.1 Å². The van der Waals surface area contributed by atoms with Crippen molar-refractivity contribution in [1.29, 1.82) is 0 Å². The number of rotatable bonds is 4. The highest BCUT2D eigenvalue weighted by molar-refractivity contribution is 5.85. The number of aromatic amines is 1. The Morgan fingerprint density at radius 1 is 1.32 bits per heavy atom. The molecular formula is C20H27N3O5. The highest BCUT2D eigenvalue weighted by Crippen LogP contribution is 2.40. The number of carbonyl (C=O) groups excluding carboxylic acids is 1. The highest BCUT2D eigenvalue weighted by Gasteiger charge is 2.43. The summed E-state index contributed by atoms with van der Waals surface area (Å²) in [5.41, 5.74) is 0.606. The Morgan fingerprint density at radius 2 is 2.00 bits per heavy atom. The molecule has 1 aromatic heterocycles. The summed E-state index contributed by atoms with van der Waals surface area (Å²) in [6.07, 6.45) is 2.50. The molecule has 1 aliphatic heterocycles. The summed E-state index contributed by atoms with van der Waals surface area (Å²) in [5.74, 6) is 0.726. The van der Waals surface area contributed by atoms with Crippen LogP contribution in [0.3, 0.4) is 0 Å². The number of nitro groups is 1. The Bertz CT molecular complexity index is 876. The van der Waals surface area contributed by atoms with E-state index in [4.69, 9.17) is 9.47 Å². The second kappa shape index (κ2) is 7.33. The number of H-pyrrole nitrogens is 1. The average Bonchev–Trinajstić information content (AvgIpc) is 3.03. The molecule has 3 rings (SSSR count). The van der Waals surface area contributed by atoms with E-state index in [2.05, 4.69) is 4.98 Å². The molecule has 0 radical (unpaired) electrons. The first-order chi connectivity index (χ1) is 13.1. The predicted molar refractivity (Wildman–Crippen MR) is 105 cm³/mol. The van der Waals surface area contributed by atoms with E-state index in [-0.39, 0.29) is 17.6 Å². The van der Waals surface area contributed by atoms with Gasteiger partial charge in [0.25, 0.3) is 0 Å². The van der Waals surface area contributed by atoms with Gasteiger partial charge < -0.3 is 19.4 Å². The van der Waals surface area contributed by atoms with Crippen molar-refractivity contribution >= 4 is 17.0 Å². The lowest BCUT2D eigenvalue weighted by Gasteiger charge is -2.39. The Labute approximate surface area is 163 Å². The number of benzene rings is 1. The molecule has 8 nitrogen and oxygen atoms in total. The van der Waals surface area contributed by atoms with Gasteiger partial charge >= 0.3 is 6.09 Å². The van der Waals surface area contributed by atoms with Crippen LogP contribution in [0, 0.1) is 10.1 Å². The van der Waals surface area contributed by atoms with Crippen molar-refractivity contribution < 1.29 is 19.2 Å². The lowest BCUT2D eigenvalue weighted by molar-refractivity contribution is -0.492. The summed E-state index contributed by atoms with van der Waals surface area (Å²) in [6, 6.07) is 5.67. The van der Waals surface area contributed by atoms with Gasteiger partial charge in [0.05, 0.1) is 12.5 Å². The second-order valence-electron chi connectivity index (χ2n) is 8.35. The van der Waals surface area contributed by atoms with Gasteiger partial charge in [-0.2, -0.15) is 0 Å². The number of aromatic nitrogens is 1. The molecule has 28 heavy (non-hydrogen) atoms. The van der Waals surface area contributed by atoms with Crippen molar-refractivity contribution in [2.75, 3.05) is 26.7 Å². The molecule has 0 spiro atoms. The molecule has 152 valence electrons. The quantitative estimate of drug-likeness (QED) is 0.635. The van der Waals surface area contributed by atoms with Crippen molar-refractivity contribution in [2.45, 2.75) is 44.6 Å². The lowest BCUT2D eigenvalue weighted by Crippen LogP contribution is -2.49. The summed E-state index contributed by atoms with van der Waals surface area (Å²) in [4.78, 5) is 28.4. The molecule has 1 aliphatic rings. The SMILES string of the molecule is COc1ccc2c(C3(C[N+](=O)[O-])CCN(C(=O)OC(C)(C)C)CC3)c[nH]c2c1. The molecule has 0 atom stereocenters. The van der Waals surface area contributed by atoms with Crippen molar-refractivity contribution in [1.82, 2.24) is 9.88 Å². The Hall–Kier alpha value is -2.77. The number of fused-ring (bicyclic) bond motifs is 1. The van der Waals surface area contributed by atoms with Gasteiger partial charge in [-0.15, -0.1) is 0 Å². The van der Waals surface area contributed by atoms with E-state index in [1.807, 2.05) is 45.2 Å². The number of hydrogen-bond acceptors (Lipinski definition) is 5. The van der Waals surface area contributed by atoms with E-state index in [1.54, 1.807) is 12.0 Å². The van der Waals surface area contributed by atoms with Gasteiger partial charge in [0, 0.05) is 41.2 Å². The van der Waals surface area contributed by atoms with Crippen molar-refractivity contribution in [3.8, 4) is 5.75 Å². The fourth-order valence-corrected chi connectivity index (χ4v) is 3.87. The van der Waals surface area contributed by atoms with Crippen LogP contribution < -0.4 is 4.74 Å². The monoisotopic (exact) mass is 389 g/mol. The van der Waals surface area contributed by atoms with Gasteiger partial charge in [-0.25, -0.2) is 4.79 Å². The first-order valence-corrected chi connectivity index (χ1v) is 9.39. The van der Waals surface area contributed by atoms with Gasteiger partial charge in [-0.1, -0.05) is 0 Å². The molecule has 1 fully saturated rings. The minimum atomic E-state index is -0.630. The average molecular weight is 389 g/mol. The van der Waals surface area contributed by atoms with Crippen LogP contribution in [0.5, 0.6) is 5.75 Å². The van der Waals surface area contributed by atoms with Crippen LogP contribution in [-0.4, -0.2) is 53.2 Å². The third-order valence-corrected chi connectivity index (χ3v) is 5.26. The molecule has 0 unspecified atom stereocenters. The van der Waals surface area contributed by atoms with Gasteiger partial charge in [0.15, 0.2) is 0 Å². The largest absolute Gasteiger partial charge is 0.497 e. The maximum atomic E-state index is 12.4. The van der Waals surface area contributed by atoms with Crippen LogP contribution in [-0.2, 0) is 10.2 Å². The third-order valence-electron chi connectivity index (χ3n) is 5.26. The summed E-state index contributed by atoms with van der Waals surface area (Å²) >= 11 is 0. The standard InChI is InChI=1S/C20H27N3O5/c1-19(2,3)28-18(24)22-9-7-20(8-10-22,13-23(25)26)16-12-21-17-11-14(27-4)5-6-15(16)17/h5-6,11-12,21H,7-10,13H2,1-4H3. The third kappa shape index (κ3) is 4.05. The fourth-order valence-electron chi connectivity index (χ4n) is 3.87. The summed E-state index contributed by atoms with van der Waals surface area (Å²) in [7, 11) is 1.60. The molecule has 1 saturated heterocycles. The van der Waals surface area contributed by atoms with Crippen LogP contribution >= 0.6 is 0 Å². The molecule has 1 amide bonds. The van der Waals surface area contributed by atoms with Gasteiger partial charge in [-0.3, -0.25) is 10.1 Å². The number of likely N-dealkylation sites (tertiary alicyclic amines) is 1. The molecule has 0 bridgehead atoms. The van der Waals surface area contributed by atoms with Crippen LogP contribution in [0.2, 0.25) is 0 Å². The number of ether oxygens (including phenoxy) is 2. The van der Waals surface area contributed by atoms with E-state index in [9.17, 15) is 14.9 Å². The smallest absolute Gasteiger partial charge is 0.410 e. The number of piperidine rings is 1. The highest BCUT2D eigenvalue weighted by atomic mass is 16.6. The number of methoxy groups -OCH3 is 1. The number of carbonyl (C=O) groups is 1. The van der Waals surface area contributed by atoms with Crippen molar-refractivity contribution in [3.63, 3.8) is 0 Å². The molecule has 0 aliphatic carbocycles.